The molecule has 0 radical (unpaired) electrons. The Morgan fingerprint density at radius 3 is 2.93 bits per heavy atom. The summed E-state index contributed by atoms with van der Waals surface area (Å²) in [5.74, 6) is 0.868. The first-order valence-corrected chi connectivity index (χ1v) is 10.1. The number of carbonyl (C=O) groups excluding carboxylic acids is 1. The van der Waals surface area contributed by atoms with E-state index in [1.807, 2.05) is 35.4 Å². The first-order chi connectivity index (χ1) is 13.3. The fourth-order valence-corrected chi connectivity index (χ4v) is 4.06. The molecule has 0 fully saturated rings. The predicted molar refractivity (Wildman–Crippen MR) is 111 cm³/mol. The Morgan fingerprint density at radius 1 is 1.22 bits per heavy atom. The lowest BCUT2D eigenvalue weighted by atomic mass is 10.00. The number of urea groups is 1. The molecule has 1 aliphatic heterocycles. The van der Waals surface area contributed by atoms with Crippen molar-refractivity contribution < 1.29 is 4.79 Å². The Bertz CT molecular complexity index is 951. The van der Waals surface area contributed by atoms with E-state index in [1.165, 1.54) is 16.0 Å². The summed E-state index contributed by atoms with van der Waals surface area (Å²) in [6.07, 6.45) is 6.81. The van der Waals surface area contributed by atoms with Crippen LogP contribution < -0.4 is 5.32 Å². The van der Waals surface area contributed by atoms with Crippen LogP contribution in [0, 0.1) is 0 Å². The highest BCUT2D eigenvalue weighted by Crippen LogP contribution is 2.28. The molecule has 6 heteroatoms. The Kier molecular flexibility index (Phi) is 5.44. The second-order valence-electron chi connectivity index (χ2n) is 6.42. The van der Waals surface area contributed by atoms with Crippen molar-refractivity contribution in [3.63, 3.8) is 0 Å². The molecule has 0 bridgehead atoms. The van der Waals surface area contributed by atoms with Gasteiger partial charge in [-0.05, 0) is 36.3 Å². The largest absolute Gasteiger partial charge is 0.346 e. The van der Waals surface area contributed by atoms with Crippen molar-refractivity contribution in [1.82, 2.24) is 20.2 Å². The standard InChI is InChI=1S/C21H22N4OS/c26-21(23-11-14-27-17-5-2-1-3-6-17)25-12-8-16(9-13-25)19-15-24-20-18(19)7-4-10-22-20/h1-8,10,15H,9,11-14H2,(H,22,24)(H,23,26). The number of aromatic nitrogens is 2. The number of hydrogen-bond acceptors (Lipinski definition) is 3. The average molecular weight is 379 g/mol. The predicted octanol–water partition coefficient (Wildman–Crippen LogP) is 4.15. The van der Waals surface area contributed by atoms with Crippen LogP contribution in [0.2, 0.25) is 0 Å². The molecule has 138 valence electrons. The van der Waals surface area contributed by atoms with Crippen molar-refractivity contribution in [2.24, 2.45) is 0 Å². The van der Waals surface area contributed by atoms with Crippen molar-refractivity contribution in [1.29, 1.82) is 0 Å². The summed E-state index contributed by atoms with van der Waals surface area (Å²) in [4.78, 5) is 23.0. The molecular formula is C21H22N4OS. The second kappa shape index (κ2) is 8.31. The Hall–Kier alpha value is -2.73. The molecule has 0 spiro atoms. The van der Waals surface area contributed by atoms with Gasteiger partial charge in [0, 0.05) is 53.6 Å². The van der Waals surface area contributed by atoms with Crippen LogP contribution in [0.15, 0.2) is 65.8 Å². The van der Waals surface area contributed by atoms with Crippen molar-refractivity contribution in [3.05, 3.63) is 66.5 Å². The number of benzene rings is 1. The molecule has 1 aliphatic rings. The Labute approximate surface area is 162 Å². The minimum Gasteiger partial charge on any atom is -0.346 e. The van der Waals surface area contributed by atoms with Gasteiger partial charge in [-0.15, -0.1) is 11.8 Å². The number of H-pyrrole nitrogens is 1. The summed E-state index contributed by atoms with van der Waals surface area (Å²) < 4.78 is 0. The third-order valence-corrected chi connectivity index (χ3v) is 5.70. The quantitative estimate of drug-likeness (QED) is 0.518. The first kappa shape index (κ1) is 17.7. The zero-order chi connectivity index (χ0) is 18.5. The smallest absolute Gasteiger partial charge is 0.317 e. The van der Waals surface area contributed by atoms with Gasteiger partial charge in [0.15, 0.2) is 0 Å². The van der Waals surface area contributed by atoms with Crippen LogP contribution in [0.5, 0.6) is 0 Å². The summed E-state index contributed by atoms with van der Waals surface area (Å²) in [5, 5.41) is 4.16. The number of hydrogen-bond donors (Lipinski definition) is 2. The van der Waals surface area contributed by atoms with Gasteiger partial charge >= 0.3 is 6.03 Å². The molecule has 2 aromatic heterocycles. The number of nitrogens with one attached hydrogen (secondary N) is 2. The normalized spacial score (nSPS) is 14.2. The molecule has 0 unspecified atom stereocenters. The fourth-order valence-electron chi connectivity index (χ4n) is 3.28. The van der Waals surface area contributed by atoms with Crippen LogP contribution in [0.1, 0.15) is 12.0 Å². The molecule has 2 amide bonds. The van der Waals surface area contributed by atoms with Crippen molar-refractivity contribution in [2.45, 2.75) is 11.3 Å². The van der Waals surface area contributed by atoms with E-state index < -0.39 is 0 Å². The minimum absolute atomic E-state index is 0.0135. The topological polar surface area (TPSA) is 61.0 Å². The molecule has 0 aliphatic carbocycles. The second-order valence-corrected chi connectivity index (χ2v) is 7.59. The first-order valence-electron chi connectivity index (χ1n) is 9.13. The van der Waals surface area contributed by atoms with Crippen molar-refractivity contribution >= 4 is 34.4 Å². The summed E-state index contributed by atoms with van der Waals surface area (Å²) in [6.45, 7) is 2.04. The number of amides is 2. The van der Waals surface area contributed by atoms with Crippen LogP contribution in [0.3, 0.4) is 0 Å². The van der Waals surface area contributed by atoms with E-state index in [0.29, 0.717) is 13.1 Å². The number of thioether (sulfide) groups is 1. The maximum Gasteiger partial charge on any atom is 0.317 e. The van der Waals surface area contributed by atoms with Gasteiger partial charge in [0.2, 0.25) is 0 Å². The van der Waals surface area contributed by atoms with Crippen LogP contribution in [-0.2, 0) is 0 Å². The van der Waals surface area contributed by atoms with E-state index in [9.17, 15) is 4.79 Å². The molecule has 0 saturated heterocycles. The number of carbonyl (C=O) groups is 1. The molecule has 2 N–H and O–H groups in total. The van der Waals surface area contributed by atoms with E-state index in [4.69, 9.17) is 0 Å². The van der Waals surface area contributed by atoms with E-state index in [-0.39, 0.29) is 6.03 Å². The highest BCUT2D eigenvalue weighted by molar-refractivity contribution is 7.99. The molecule has 3 heterocycles. The number of nitrogens with zero attached hydrogens (tertiary/aromatic N) is 2. The lowest BCUT2D eigenvalue weighted by Gasteiger charge is -2.26. The van der Waals surface area contributed by atoms with Gasteiger partial charge < -0.3 is 15.2 Å². The lowest BCUT2D eigenvalue weighted by Crippen LogP contribution is -2.42. The Morgan fingerprint density at radius 2 is 2.11 bits per heavy atom. The molecule has 27 heavy (non-hydrogen) atoms. The lowest BCUT2D eigenvalue weighted by molar-refractivity contribution is 0.204. The van der Waals surface area contributed by atoms with E-state index >= 15 is 0 Å². The number of pyridine rings is 1. The maximum absolute atomic E-state index is 12.4. The average Bonchev–Trinajstić information content (AvgIpc) is 3.16. The molecule has 3 aromatic rings. The number of rotatable bonds is 5. The fraction of sp³-hybridized carbons (Fsp3) is 0.238. The molecule has 1 aromatic carbocycles. The molecule has 4 rings (SSSR count). The molecule has 0 saturated carbocycles. The van der Waals surface area contributed by atoms with E-state index in [1.54, 1.807) is 18.0 Å². The van der Waals surface area contributed by atoms with Gasteiger partial charge in [-0.2, -0.15) is 0 Å². The third-order valence-electron chi connectivity index (χ3n) is 4.68. The minimum atomic E-state index is 0.0135. The zero-order valence-corrected chi connectivity index (χ0v) is 15.8. The maximum atomic E-state index is 12.4. The third kappa shape index (κ3) is 4.17. The van der Waals surface area contributed by atoms with Gasteiger partial charge in [-0.1, -0.05) is 24.3 Å². The van der Waals surface area contributed by atoms with Gasteiger partial charge in [-0.25, -0.2) is 9.78 Å². The van der Waals surface area contributed by atoms with E-state index in [0.717, 1.165) is 29.8 Å². The highest BCUT2D eigenvalue weighted by atomic mass is 32.2. The van der Waals surface area contributed by atoms with Crippen molar-refractivity contribution in [3.8, 4) is 0 Å². The Balaban J connectivity index is 1.28. The van der Waals surface area contributed by atoms with Crippen LogP contribution >= 0.6 is 11.8 Å². The van der Waals surface area contributed by atoms with Gasteiger partial charge in [-0.3, -0.25) is 0 Å². The summed E-state index contributed by atoms with van der Waals surface area (Å²) in [6, 6.07) is 14.3. The molecule has 0 atom stereocenters. The van der Waals surface area contributed by atoms with Crippen LogP contribution in [-0.4, -0.2) is 46.3 Å². The number of fused-ring (bicyclic) bond motifs is 1. The molecular weight excluding hydrogens is 356 g/mol. The van der Waals surface area contributed by atoms with Gasteiger partial charge in [0.25, 0.3) is 0 Å². The van der Waals surface area contributed by atoms with Gasteiger partial charge in [0.05, 0.1) is 0 Å². The SMILES string of the molecule is O=C(NCCSc1ccccc1)N1CC=C(c2c[nH]c3ncccc23)CC1. The van der Waals surface area contributed by atoms with Crippen LogP contribution in [0.4, 0.5) is 4.79 Å². The van der Waals surface area contributed by atoms with Crippen molar-refractivity contribution in [2.75, 3.05) is 25.4 Å². The monoisotopic (exact) mass is 378 g/mol. The van der Waals surface area contributed by atoms with Crippen LogP contribution in [0.25, 0.3) is 16.6 Å². The summed E-state index contributed by atoms with van der Waals surface area (Å²) in [5.41, 5.74) is 3.37. The molecule has 5 nitrogen and oxygen atoms in total. The van der Waals surface area contributed by atoms with E-state index in [2.05, 4.69) is 39.6 Å². The van der Waals surface area contributed by atoms with Gasteiger partial charge in [0.1, 0.15) is 5.65 Å². The number of aromatic amines is 1. The summed E-state index contributed by atoms with van der Waals surface area (Å²) in [7, 11) is 0. The zero-order valence-electron chi connectivity index (χ0n) is 15.0. The summed E-state index contributed by atoms with van der Waals surface area (Å²) >= 11 is 1.75. The highest BCUT2D eigenvalue weighted by Gasteiger charge is 2.19.